The molecule has 0 aliphatic heterocycles. The highest BCUT2D eigenvalue weighted by Crippen LogP contribution is 2.11. The van der Waals surface area contributed by atoms with Gasteiger partial charge in [-0.1, -0.05) is 90.9 Å². The van der Waals surface area contributed by atoms with Crippen LogP contribution in [0.5, 0.6) is 0 Å². The zero-order chi connectivity index (χ0) is 34.4. The molecule has 0 heterocycles. The van der Waals surface area contributed by atoms with E-state index in [9.17, 15) is 19.2 Å². The summed E-state index contributed by atoms with van der Waals surface area (Å²) in [6, 6.07) is 0. The van der Waals surface area contributed by atoms with E-state index in [1.807, 2.05) is 41.8 Å². The number of rotatable bonds is 31. The molecule has 2 atom stereocenters. The second kappa shape index (κ2) is 30.2. The van der Waals surface area contributed by atoms with E-state index < -0.39 is 0 Å². The third-order valence-electron chi connectivity index (χ3n) is 8.33. The van der Waals surface area contributed by atoms with E-state index in [1.165, 1.54) is 25.7 Å². The molecule has 0 fully saturated rings. The number of hydrogen-bond acceptors (Lipinski definition) is 8. The Morgan fingerprint density at radius 3 is 1.07 bits per heavy atom. The van der Waals surface area contributed by atoms with Crippen molar-refractivity contribution in [3.05, 3.63) is 0 Å². The zero-order valence-electron chi connectivity index (χ0n) is 30.3. The first-order valence-corrected chi connectivity index (χ1v) is 18.1. The van der Waals surface area contributed by atoms with Crippen LogP contribution in [0.1, 0.15) is 143 Å². The maximum Gasteiger partial charge on any atom is 0.305 e. The van der Waals surface area contributed by atoms with Crippen molar-refractivity contribution in [2.45, 2.75) is 155 Å². The molecule has 10 nitrogen and oxygen atoms in total. The molecule has 2 unspecified atom stereocenters. The summed E-state index contributed by atoms with van der Waals surface area (Å²) in [5.74, 6) is -0.340. The summed E-state index contributed by atoms with van der Waals surface area (Å²) in [7, 11) is 3.63. The second-order valence-corrected chi connectivity index (χ2v) is 12.5. The number of carbonyl (C=O) groups is 4. The Bertz CT molecular complexity index is 730. The van der Waals surface area contributed by atoms with Gasteiger partial charge in [0.1, 0.15) is 13.2 Å². The lowest BCUT2D eigenvalue weighted by molar-refractivity contribution is -0.145. The molecule has 0 saturated carbocycles. The van der Waals surface area contributed by atoms with Crippen LogP contribution in [0.15, 0.2) is 0 Å². The topological polar surface area (TPSA) is 112 Å². The summed E-state index contributed by atoms with van der Waals surface area (Å²) in [5.41, 5.74) is 0. The number of unbranched alkanes of at least 4 members (excludes halogenated alkanes) is 14. The quantitative estimate of drug-likeness (QED) is 0.0588. The third-order valence-corrected chi connectivity index (χ3v) is 8.33. The average Bonchev–Trinajstić information content (AvgIpc) is 3.06. The van der Waals surface area contributed by atoms with Gasteiger partial charge in [-0.15, -0.1) is 0 Å². The van der Waals surface area contributed by atoms with Crippen molar-refractivity contribution in [1.82, 2.24) is 9.80 Å². The monoisotopic (exact) mass is 656 g/mol. The fraction of sp³-hybridized carbons (Fsp3) is 0.889. The zero-order valence-corrected chi connectivity index (χ0v) is 30.3. The molecule has 0 N–H and O–H groups in total. The second-order valence-electron chi connectivity index (χ2n) is 12.5. The van der Waals surface area contributed by atoms with Crippen LogP contribution in [0.2, 0.25) is 0 Å². The highest BCUT2D eigenvalue weighted by atomic mass is 16.5. The fourth-order valence-electron chi connectivity index (χ4n) is 4.75. The summed E-state index contributed by atoms with van der Waals surface area (Å²) in [6.45, 7) is 9.84. The molecule has 10 heteroatoms. The molecule has 0 radical (unpaired) electrons. The van der Waals surface area contributed by atoms with Gasteiger partial charge < -0.3 is 28.7 Å². The Balaban J connectivity index is 3.78. The SMILES string of the molecule is CCC(=O)OCCCCCCCCCCN(C)C(=O)COC(C)C(C)OCC(=O)N(C)CCCCCCCCCCOC(=O)CC. The predicted molar refractivity (Wildman–Crippen MR) is 182 cm³/mol. The molecule has 0 rings (SSSR count). The molecule has 2 amide bonds. The van der Waals surface area contributed by atoms with Gasteiger partial charge in [0, 0.05) is 40.0 Å². The van der Waals surface area contributed by atoms with Gasteiger partial charge in [-0.25, -0.2) is 0 Å². The fourth-order valence-corrected chi connectivity index (χ4v) is 4.75. The van der Waals surface area contributed by atoms with E-state index in [-0.39, 0.29) is 49.2 Å². The van der Waals surface area contributed by atoms with Crippen LogP contribution in [-0.4, -0.2) is 99.4 Å². The van der Waals surface area contributed by atoms with Crippen molar-refractivity contribution in [1.29, 1.82) is 0 Å². The molecule has 0 spiro atoms. The first-order valence-electron chi connectivity index (χ1n) is 18.1. The van der Waals surface area contributed by atoms with Gasteiger partial charge >= 0.3 is 11.9 Å². The molecule has 0 saturated heterocycles. The largest absolute Gasteiger partial charge is 0.466 e. The maximum atomic E-state index is 12.5. The first kappa shape index (κ1) is 43.8. The Morgan fingerprint density at radius 1 is 0.478 bits per heavy atom. The smallest absolute Gasteiger partial charge is 0.305 e. The lowest BCUT2D eigenvalue weighted by atomic mass is 10.1. The van der Waals surface area contributed by atoms with Crippen molar-refractivity contribution < 1.29 is 38.1 Å². The van der Waals surface area contributed by atoms with E-state index in [0.717, 1.165) is 77.0 Å². The van der Waals surface area contributed by atoms with Crippen molar-refractivity contribution in [2.75, 3.05) is 53.6 Å². The van der Waals surface area contributed by atoms with E-state index >= 15 is 0 Å². The lowest BCUT2D eigenvalue weighted by Crippen LogP contribution is -2.37. The van der Waals surface area contributed by atoms with Crippen molar-refractivity contribution in [3.63, 3.8) is 0 Å². The van der Waals surface area contributed by atoms with Gasteiger partial charge in [0.05, 0.1) is 25.4 Å². The molecule has 0 aliphatic carbocycles. The molecule has 270 valence electrons. The Hall–Kier alpha value is -2.20. The van der Waals surface area contributed by atoms with Crippen LogP contribution in [-0.2, 0) is 38.1 Å². The van der Waals surface area contributed by atoms with Crippen LogP contribution in [0, 0.1) is 0 Å². The van der Waals surface area contributed by atoms with Gasteiger partial charge in [0.15, 0.2) is 0 Å². The maximum absolute atomic E-state index is 12.5. The van der Waals surface area contributed by atoms with Crippen LogP contribution in [0.3, 0.4) is 0 Å². The number of ether oxygens (including phenoxy) is 4. The summed E-state index contributed by atoms with van der Waals surface area (Å²) in [5, 5.41) is 0. The standard InChI is InChI=1S/C36H68N2O8/c1-7-35(41)43-27-23-19-15-11-9-13-17-21-25-37(5)33(39)29-45-31(3)32(4)46-30-34(40)38(6)26-22-18-14-10-12-16-20-24-28-44-36(42)8-2/h31-32H,7-30H2,1-6H3. The summed E-state index contributed by atoms with van der Waals surface area (Å²) in [6.07, 6.45) is 17.9. The van der Waals surface area contributed by atoms with Crippen molar-refractivity contribution in [2.24, 2.45) is 0 Å². The number of likely N-dealkylation sites (N-methyl/N-ethyl adjacent to an activating group) is 2. The van der Waals surface area contributed by atoms with Crippen LogP contribution < -0.4 is 0 Å². The molecule has 0 aromatic carbocycles. The minimum absolute atomic E-state index is 0.00116. The first-order chi connectivity index (χ1) is 22.1. The van der Waals surface area contributed by atoms with Gasteiger partial charge in [-0.3, -0.25) is 19.2 Å². The highest BCUT2D eigenvalue weighted by Gasteiger charge is 2.19. The van der Waals surface area contributed by atoms with Crippen molar-refractivity contribution >= 4 is 23.8 Å². The number of esters is 2. The van der Waals surface area contributed by atoms with E-state index in [2.05, 4.69) is 0 Å². The lowest BCUT2D eigenvalue weighted by Gasteiger charge is -2.24. The highest BCUT2D eigenvalue weighted by molar-refractivity contribution is 5.77. The van der Waals surface area contributed by atoms with Gasteiger partial charge in [-0.2, -0.15) is 0 Å². The van der Waals surface area contributed by atoms with Gasteiger partial charge in [0.25, 0.3) is 0 Å². The molecular formula is C36H68N2O8. The Labute approximate surface area is 280 Å². The van der Waals surface area contributed by atoms with E-state index in [4.69, 9.17) is 18.9 Å². The number of nitrogens with zero attached hydrogens (tertiary/aromatic N) is 2. The molecular weight excluding hydrogens is 588 g/mol. The van der Waals surface area contributed by atoms with Crippen LogP contribution >= 0.6 is 0 Å². The molecule has 0 aromatic heterocycles. The summed E-state index contributed by atoms with van der Waals surface area (Å²) in [4.78, 5) is 50.6. The van der Waals surface area contributed by atoms with E-state index in [0.29, 0.717) is 39.1 Å². The molecule has 0 bridgehead atoms. The van der Waals surface area contributed by atoms with Gasteiger partial charge in [-0.05, 0) is 39.5 Å². The normalized spacial score (nSPS) is 12.4. The number of hydrogen-bond donors (Lipinski definition) is 0. The van der Waals surface area contributed by atoms with Gasteiger partial charge in [0.2, 0.25) is 11.8 Å². The summed E-state index contributed by atoms with van der Waals surface area (Å²) >= 11 is 0. The predicted octanol–water partition coefficient (Wildman–Crippen LogP) is 6.86. The molecule has 0 aliphatic rings. The summed E-state index contributed by atoms with van der Waals surface area (Å²) < 4.78 is 21.7. The van der Waals surface area contributed by atoms with E-state index in [1.54, 1.807) is 9.80 Å². The Morgan fingerprint density at radius 2 is 0.761 bits per heavy atom. The number of amides is 2. The molecule has 46 heavy (non-hydrogen) atoms. The Kier molecular flexibility index (Phi) is 28.7. The minimum Gasteiger partial charge on any atom is -0.466 e. The van der Waals surface area contributed by atoms with Crippen LogP contribution in [0.4, 0.5) is 0 Å². The van der Waals surface area contributed by atoms with Crippen LogP contribution in [0.25, 0.3) is 0 Å². The minimum atomic E-state index is -0.305. The van der Waals surface area contributed by atoms with Crippen molar-refractivity contribution in [3.8, 4) is 0 Å². The molecule has 0 aromatic rings. The third kappa shape index (κ3) is 25.9. The number of carbonyl (C=O) groups excluding carboxylic acids is 4. The average molecular weight is 657 g/mol.